The highest BCUT2D eigenvalue weighted by molar-refractivity contribution is 7.89. The molecule has 0 saturated carbocycles. The number of benzene rings is 1. The van der Waals surface area contributed by atoms with Crippen molar-refractivity contribution in [2.45, 2.75) is 49.0 Å². The zero-order chi connectivity index (χ0) is 21.6. The Labute approximate surface area is 173 Å². The highest BCUT2D eigenvalue weighted by Crippen LogP contribution is 2.23. The number of nitrogens with zero attached hydrogens (tertiary/aromatic N) is 2. The highest BCUT2D eigenvalue weighted by Gasteiger charge is 2.34. The number of hydrogen-bond acceptors (Lipinski definition) is 7. The van der Waals surface area contributed by atoms with Crippen LogP contribution in [-0.4, -0.2) is 54.3 Å². The maximum absolute atomic E-state index is 13.0. The third-order valence-electron chi connectivity index (χ3n) is 4.75. The molecular formula is C19H23FN4O5S. The SMILES string of the molecule is O=C(C[C@H]1CC[C@@H](NS(=O)(=O)c2ccc(F)cc2)[C@@H](CO)O1)NCc1ccncn1. The molecule has 3 rings (SSSR count). The molecule has 2 aromatic rings. The molecule has 30 heavy (non-hydrogen) atoms. The van der Waals surface area contributed by atoms with Gasteiger partial charge in [0, 0.05) is 6.20 Å². The first-order chi connectivity index (χ1) is 14.4. The van der Waals surface area contributed by atoms with Crippen LogP contribution in [0.3, 0.4) is 0 Å². The Bertz CT molecular complexity index is 943. The van der Waals surface area contributed by atoms with Crippen molar-refractivity contribution < 1.29 is 27.4 Å². The second-order valence-electron chi connectivity index (χ2n) is 6.92. The first-order valence-corrected chi connectivity index (χ1v) is 10.9. The maximum Gasteiger partial charge on any atom is 0.240 e. The van der Waals surface area contributed by atoms with Crippen LogP contribution >= 0.6 is 0 Å². The fourth-order valence-corrected chi connectivity index (χ4v) is 4.49. The zero-order valence-electron chi connectivity index (χ0n) is 16.1. The van der Waals surface area contributed by atoms with Crippen molar-refractivity contribution in [1.82, 2.24) is 20.0 Å². The summed E-state index contributed by atoms with van der Waals surface area (Å²) in [7, 11) is -3.90. The number of amides is 1. The van der Waals surface area contributed by atoms with E-state index in [1.54, 1.807) is 12.3 Å². The Morgan fingerprint density at radius 1 is 1.23 bits per heavy atom. The van der Waals surface area contributed by atoms with Crippen LogP contribution in [0.2, 0.25) is 0 Å². The van der Waals surface area contributed by atoms with E-state index in [2.05, 4.69) is 20.0 Å². The predicted molar refractivity (Wildman–Crippen MR) is 104 cm³/mol. The summed E-state index contributed by atoms with van der Waals surface area (Å²) in [6, 6.07) is 5.49. The molecule has 0 radical (unpaired) electrons. The average molecular weight is 438 g/mol. The summed E-state index contributed by atoms with van der Waals surface area (Å²) in [5.74, 6) is -0.773. The van der Waals surface area contributed by atoms with Crippen LogP contribution in [0.1, 0.15) is 25.0 Å². The Kier molecular flexibility index (Phi) is 7.43. The molecular weight excluding hydrogens is 415 g/mol. The number of carbonyl (C=O) groups is 1. The summed E-state index contributed by atoms with van der Waals surface area (Å²) in [5, 5.41) is 12.4. The summed E-state index contributed by atoms with van der Waals surface area (Å²) >= 11 is 0. The highest BCUT2D eigenvalue weighted by atomic mass is 32.2. The van der Waals surface area contributed by atoms with Gasteiger partial charge in [-0.25, -0.2) is 27.5 Å². The number of sulfonamides is 1. The first-order valence-electron chi connectivity index (χ1n) is 9.43. The van der Waals surface area contributed by atoms with Crippen LogP contribution in [0.15, 0.2) is 47.8 Å². The van der Waals surface area contributed by atoms with Gasteiger partial charge in [0.25, 0.3) is 0 Å². The minimum absolute atomic E-state index is 0.0770. The van der Waals surface area contributed by atoms with Crippen molar-refractivity contribution in [3.8, 4) is 0 Å². The molecule has 3 N–H and O–H groups in total. The van der Waals surface area contributed by atoms with Crippen molar-refractivity contribution in [3.05, 3.63) is 54.4 Å². The van der Waals surface area contributed by atoms with Gasteiger partial charge in [0.1, 0.15) is 12.1 Å². The van der Waals surface area contributed by atoms with Crippen molar-refractivity contribution in [3.63, 3.8) is 0 Å². The summed E-state index contributed by atoms with van der Waals surface area (Å²) < 4.78 is 46.3. The molecule has 1 fully saturated rings. The summed E-state index contributed by atoms with van der Waals surface area (Å²) in [5.41, 5.74) is 0.673. The molecule has 2 heterocycles. The Hall–Kier alpha value is -2.47. The second kappa shape index (κ2) is 10.0. The van der Waals surface area contributed by atoms with E-state index >= 15 is 0 Å². The molecule has 162 valence electrons. The number of ether oxygens (including phenoxy) is 1. The monoisotopic (exact) mass is 438 g/mol. The van der Waals surface area contributed by atoms with Gasteiger partial charge in [-0.2, -0.15) is 0 Å². The van der Waals surface area contributed by atoms with E-state index in [0.717, 1.165) is 12.1 Å². The number of aliphatic hydroxyl groups is 1. The topological polar surface area (TPSA) is 131 Å². The van der Waals surface area contributed by atoms with Gasteiger partial charge in [0.05, 0.1) is 48.4 Å². The number of aromatic nitrogens is 2. The number of rotatable bonds is 8. The Morgan fingerprint density at radius 2 is 2.00 bits per heavy atom. The van der Waals surface area contributed by atoms with E-state index in [1.165, 1.54) is 18.5 Å². The predicted octanol–water partition coefficient (Wildman–Crippen LogP) is 0.509. The van der Waals surface area contributed by atoms with E-state index in [4.69, 9.17) is 4.74 Å². The number of hydrogen-bond donors (Lipinski definition) is 3. The van der Waals surface area contributed by atoms with E-state index in [0.29, 0.717) is 18.5 Å². The molecule has 0 spiro atoms. The van der Waals surface area contributed by atoms with Gasteiger partial charge in [-0.3, -0.25) is 4.79 Å². The molecule has 1 aromatic carbocycles. The number of aliphatic hydroxyl groups excluding tert-OH is 1. The molecule has 3 atom stereocenters. The lowest BCUT2D eigenvalue weighted by Gasteiger charge is -2.35. The fraction of sp³-hybridized carbons (Fsp3) is 0.421. The zero-order valence-corrected chi connectivity index (χ0v) is 16.9. The lowest BCUT2D eigenvalue weighted by molar-refractivity contribution is -0.130. The summed E-state index contributed by atoms with van der Waals surface area (Å²) in [6.45, 7) is -0.146. The lowest BCUT2D eigenvalue weighted by atomic mass is 9.98. The third kappa shape index (κ3) is 6.02. The molecule has 0 unspecified atom stereocenters. The molecule has 1 saturated heterocycles. The van der Waals surface area contributed by atoms with Gasteiger partial charge in [0.15, 0.2) is 0 Å². The molecule has 1 aliphatic heterocycles. The largest absolute Gasteiger partial charge is 0.394 e. The lowest BCUT2D eigenvalue weighted by Crippen LogP contribution is -2.51. The second-order valence-corrected chi connectivity index (χ2v) is 8.63. The van der Waals surface area contributed by atoms with Crippen LogP contribution in [0.25, 0.3) is 0 Å². The molecule has 1 aromatic heterocycles. The molecule has 11 heteroatoms. The van der Waals surface area contributed by atoms with Crippen molar-refractivity contribution in [1.29, 1.82) is 0 Å². The first kappa shape index (κ1) is 22.2. The van der Waals surface area contributed by atoms with Crippen molar-refractivity contribution >= 4 is 15.9 Å². The fourth-order valence-electron chi connectivity index (χ4n) is 3.19. The minimum Gasteiger partial charge on any atom is -0.394 e. The van der Waals surface area contributed by atoms with Crippen LogP contribution in [0.5, 0.6) is 0 Å². The van der Waals surface area contributed by atoms with Gasteiger partial charge >= 0.3 is 0 Å². The number of carbonyl (C=O) groups excluding carboxylic acids is 1. The van der Waals surface area contributed by atoms with Gasteiger partial charge in [0.2, 0.25) is 15.9 Å². The summed E-state index contributed by atoms with van der Waals surface area (Å²) in [6.07, 6.45) is 2.64. The number of nitrogens with one attached hydrogen (secondary N) is 2. The van der Waals surface area contributed by atoms with Crippen LogP contribution in [0.4, 0.5) is 4.39 Å². The standard InChI is InChI=1S/C19H23FN4O5S/c20-13-1-4-16(5-2-13)30(27,28)24-17-6-3-15(29-18(17)11-25)9-19(26)22-10-14-7-8-21-12-23-14/h1-2,4-5,7-8,12,15,17-18,24-25H,3,6,9-11H2,(H,22,26)/t15-,17-,18-/m1/s1. The third-order valence-corrected chi connectivity index (χ3v) is 6.25. The van der Waals surface area contributed by atoms with Crippen molar-refractivity contribution in [2.24, 2.45) is 0 Å². The molecule has 1 aliphatic rings. The molecule has 9 nitrogen and oxygen atoms in total. The van der Waals surface area contributed by atoms with Crippen molar-refractivity contribution in [2.75, 3.05) is 6.61 Å². The smallest absolute Gasteiger partial charge is 0.240 e. The quantitative estimate of drug-likeness (QED) is 0.547. The van der Waals surface area contributed by atoms with E-state index < -0.39 is 40.7 Å². The molecule has 1 amide bonds. The van der Waals surface area contributed by atoms with E-state index in [-0.39, 0.29) is 23.8 Å². The van der Waals surface area contributed by atoms with Gasteiger partial charge < -0.3 is 15.2 Å². The van der Waals surface area contributed by atoms with Gasteiger partial charge in [-0.1, -0.05) is 0 Å². The Balaban J connectivity index is 1.53. The van der Waals surface area contributed by atoms with Crippen LogP contribution < -0.4 is 10.0 Å². The maximum atomic E-state index is 13.0. The average Bonchev–Trinajstić information content (AvgIpc) is 2.74. The van der Waals surface area contributed by atoms with Crippen LogP contribution in [0, 0.1) is 5.82 Å². The molecule has 0 bridgehead atoms. The Morgan fingerprint density at radius 3 is 2.67 bits per heavy atom. The van der Waals surface area contributed by atoms with Gasteiger partial charge in [-0.05, 0) is 43.2 Å². The van der Waals surface area contributed by atoms with E-state index in [9.17, 15) is 22.7 Å². The summed E-state index contributed by atoms with van der Waals surface area (Å²) in [4.78, 5) is 19.9. The molecule has 0 aliphatic carbocycles. The van der Waals surface area contributed by atoms with Crippen LogP contribution in [-0.2, 0) is 26.1 Å². The number of halogens is 1. The van der Waals surface area contributed by atoms with Gasteiger partial charge in [-0.15, -0.1) is 0 Å². The normalized spacial score (nSPS) is 21.9. The minimum atomic E-state index is -3.90. The van der Waals surface area contributed by atoms with E-state index in [1.807, 2.05) is 0 Å².